The summed E-state index contributed by atoms with van der Waals surface area (Å²) in [6.07, 6.45) is 74.8. The monoisotopic (exact) mass is 1000 g/mol. The Balaban J connectivity index is 3.47. The van der Waals surface area contributed by atoms with Gasteiger partial charge in [-0.15, -0.1) is 0 Å². The number of rotatable bonds is 60. The molecule has 0 aromatic rings. The average molecular weight is 1000 g/mol. The molecule has 3 N–H and O–H groups in total. The molecule has 420 valence electrons. The number of ether oxygens (including phenoxy) is 1. The smallest absolute Gasteiger partial charge is 0.305 e. The molecule has 0 heterocycles. The zero-order chi connectivity index (χ0) is 51.4. The quantitative estimate of drug-likeness (QED) is 0.0320. The van der Waals surface area contributed by atoms with Gasteiger partial charge in [0.05, 0.1) is 25.4 Å². The van der Waals surface area contributed by atoms with E-state index in [0.717, 1.165) is 83.5 Å². The molecule has 6 heteroatoms. The van der Waals surface area contributed by atoms with Crippen molar-refractivity contribution in [3.8, 4) is 0 Å². The van der Waals surface area contributed by atoms with Gasteiger partial charge in [-0.3, -0.25) is 9.59 Å². The van der Waals surface area contributed by atoms with Crippen LogP contribution >= 0.6 is 0 Å². The minimum Gasteiger partial charge on any atom is -0.466 e. The first-order valence-corrected chi connectivity index (χ1v) is 32.1. The van der Waals surface area contributed by atoms with Gasteiger partial charge in [0.25, 0.3) is 0 Å². The highest BCUT2D eigenvalue weighted by molar-refractivity contribution is 5.76. The first-order chi connectivity index (χ1) is 35.0. The van der Waals surface area contributed by atoms with E-state index in [-0.39, 0.29) is 18.5 Å². The topological polar surface area (TPSA) is 95.9 Å². The van der Waals surface area contributed by atoms with Gasteiger partial charge >= 0.3 is 5.97 Å². The highest BCUT2D eigenvalue weighted by atomic mass is 16.5. The van der Waals surface area contributed by atoms with Crippen LogP contribution in [0.5, 0.6) is 0 Å². The van der Waals surface area contributed by atoms with Crippen LogP contribution < -0.4 is 5.32 Å². The van der Waals surface area contributed by atoms with E-state index in [1.807, 2.05) is 0 Å². The van der Waals surface area contributed by atoms with E-state index in [1.54, 1.807) is 0 Å². The van der Waals surface area contributed by atoms with Crippen LogP contribution in [0.25, 0.3) is 0 Å². The second-order valence-corrected chi connectivity index (χ2v) is 22.1. The number of amides is 1. The molecular formula is C65H125NO5. The lowest BCUT2D eigenvalue weighted by atomic mass is 10.0. The number of allylic oxidation sites excluding steroid dienone is 4. The van der Waals surface area contributed by atoms with Crippen LogP contribution in [0.15, 0.2) is 24.3 Å². The van der Waals surface area contributed by atoms with Gasteiger partial charge in [0.1, 0.15) is 0 Å². The van der Waals surface area contributed by atoms with E-state index in [0.29, 0.717) is 25.9 Å². The Labute approximate surface area is 443 Å². The van der Waals surface area contributed by atoms with E-state index in [1.165, 1.54) is 238 Å². The van der Waals surface area contributed by atoms with Crippen LogP contribution in [0, 0.1) is 0 Å². The number of carbonyl (C=O) groups is 2. The number of aliphatic hydroxyl groups excluding tert-OH is 2. The van der Waals surface area contributed by atoms with E-state index >= 15 is 0 Å². The normalized spacial score (nSPS) is 12.7. The average Bonchev–Trinajstić information content (AvgIpc) is 3.37. The first-order valence-electron chi connectivity index (χ1n) is 32.1. The summed E-state index contributed by atoms with van der Waals surface area (Å²) >= 11 is 0. The van der Waals surface area contributed by atoms with Gasteiger partial charge < -0.3 is 20.3 Å². The lowest BCUT2D eigenvalue weighted by molar-refractivity contribution is -0.143. The molecule has 71 heavy (non-hydrogen) atoms. The lowest BCUT2D eigenvalue weighted by Gasteiger charge is -2.22. The maximum atomic E-state index is 12.5. The minimum absolute atomic E-state index is 0.0107. The summed E-state index contributed by atoms with van der Waals surface area (Å²) in [6, 6.07) is -0.554. The second kappa shape index (κ2) is 60.9. The van der Waals surface area contributed by atoms with Crippen LogP contribution in [-0.2, 0) is 14.3 Å². The summed E-state index contributed by atoms with van der Waals surface area (Å²) in [4.78, 5) is 24.6. The molecule has 0 saturated heterocycles. The second-order valence-electron chi connectivity index (χ2n) is 22.1. The molecule has 0 radical (unpaired) electrons. The van der Waals surface area contributed by atoms with E-state index < -0.39 is 12.1 Å². The summed E-state index contributed by atoms with van der Waals surface area (Å²) in [5, 5.41) is 23.4. The number of hydrogen-bond acceptors (Lipinski definition) is 5. The number of esters is 1. The Morgan fingerprint density at radius 2 is 0.704 bits per heavy atom. The SMILES string of the molecule is CCCCCCCCCCCCCCCCCCCCCCC(O)C(CO)NC(=O)CCCCCCCCC/C=C\C/C=C\CCCCCOC(=O)CCCCCCCCCCCCCCCCCCC. The molecule has 0 aromatic heterocycles. The molecular weight excluding hydrogens is 875 g/mol. The summed E-state index contributed by atoms with van der Waals surface area (Å²) in [6.45, 7) is 4.94. The maximum absolute atomic E-state index is 12.5. The molecule has 1 amide bonds. The van der Waals surface area contributed by atoms with Gasteiger partial charge in [0.15, 0.2) is 0 Å². The number of carbonyl (C=O) groups excluding carboxylic acids is 2. The highest BCUT2D eigenvalue weighted by Gasteiger charge is 2.20. The van der Waals surface area contributed by atoms with Gasteiger partial charge in [-0.25, -0.2) is 0 Å². The molecule has 0 aliphatic carbocycles. The molecule has 2 unspecified atom stereocenters. The molecule has 0 fully saturated rings. The molecule has 0 aliphatic heterocycles. The van der Waals surface area contributed by atoms with Gasteiger partial charge in [-0.05, 0) is 64.2 Å². The van der Waals surface area contributed by atoms with Gasteiger partial charge in [-0.1, -0.05) is 301 Å². The molecule has 0 spiro atoms. The summed E-state index contributed by atoms with van der Waals surface area (Å²) in [5.74, 6) is -0.0584. The fourth-order valence-corrected chi connectivity index (χ4v) is 10.1. The summed E-state index contributed by atoms with van der Waals surface area (Å²) in [5.41, 5.74) is 0. The molecule has 0 rings (SSSR count). The largest absolute Gasteiger partial charge is 0.466 e. The van der Waals surface area contributed by atoms with Crippen molar-refractivity contribution in [2.45, 2.75) is 366 Å². The molecule has 0 aromatic carbocycles. The maximum Gasteiger partial charge on any atom is 0.305 e. The lowest BCUT2D eigenvalue weighted by Crippen LogP contribution is -2.45. The van der Waals surface area contributed by atoms with Crippen molar-refractivity contribution < 1.29 is 24.5 Å². The summed E-state index contributed by atoms with van der Waals surface area (Å²) in [7, 11) is 0. The van der Waals surface area contributed by atoms with Crippen LogP contribution in [0.4, 0.5) is 0 Å². The zero-order valence-corrected chi connectivity index (χ0v) is 48.0. The van der Waals surface area contributed by atoms with Crippen molar-refractivity contribution in [1.82, 2.24) is 5.32 Å². The Bertz CT molecular complexity index is 1110. The van der Waals surface area contributed by atoms with E-state index in [2.05, 4.69) is 43.5 Å². The number of nitrogens with one attached hydrogen (secondary N) is 1. The van der Waals surface area contributed by atoms with Gasteiger partial charge in [0, 0.05) is 12.8 Å². The standard InChI is InChI=1S/C65H125NO5/c1-3-5-7-9-11-13-15-17-19-21-22-23-26-29-33-37-41-45-49-53-57-63(68)62(61-67)66-64(69)58-54-50-46-42-38-34-30-27-24-28-32-36-40-44-48-52-56-60-71-65(70)59-55-51-47-43-39-35-31-25-20-18-16-14-12-10-8-6-4-2/h24,28,36,40,62-63,67-68H,3-23,25-27,29-35,37-39,41-61H2,1-2H3,(H,66,69)/b28-24-,40-36-. The van der Waals surface area contributed by atoms with Crippen molar-refractivity contribution in [3.63, 3.8) is 0 Å². The first kappa shape index (κ1) is 69.3. The molecule has 0 saturated carbocycles. The van der Waals surface area contributed by atoms with Crippen molar-refractivity contribution in [3.05, 3.63) is 24.3 Å². The third-order valence-electron chi connectivity index (χ3n) is 15.0. The van der Waals surface area contributed by atoms with Crippen molar-refractivity contribution in [2.75, 3.05) is 13.2 Å². The fraction of sp³-hybridized carbons (Fsp3) is 0.908. The third-order valence-corrected chi connectivity index (χ3v) is 15.0. The van der Waals surface area contributed by atoms with Gasteiger partial charge in [0.2, 0.25) is 5.91 Å². The molecule has 0 bridgehead atoms. The van der Waals surface area contributed by atoms with Crippen molar-refractivity contribution in [1.29, 1.82) is 0 Å². The van der Waals surface area contributed by atoms with Gasteiger partial charge in [-0.2, -0.15) is 0 Å². The number of unbranched alkanes of at least 4 members (excludes halogenated alkanes) is 45. The van der Waals surface area contributed by atoms with Crippen LogP contribution in [0.2, 0.25) is 0 Å². The predicted molar refractivity (Wildman–Crippen MR) is 310 cm³/mol. The van der Waals surface area contributed by atoms with Crippen molar-refractivity contribution in [2.24, 2.45) is 0 Å². The van der Waals surface area contributed by atoms with E-state index in [9.17, 15) is 19.8 Å². The Hall–Kier alpha value is -1.66. The predicted octanol–water partition coefficient (Wildman–Crippen LogP) is 20.2. The van der Waals surface area contributed by atoms with Crippen LogP contribution in [0.1, 0.15) is 354 Å². The fourth-order valence-electron chi connectivity index (χ4n) is 10.1. The van der Waals surface area contributed by atoms with Crippen LogP contribution in [-0.4, -0.2) is 47.4 Å². The Kier molecular flexibility index (Phi) is 59.5. The molecule has 2 atom stereocenters. The molecule has 0 aliphatic rings. The van der Waals surface area contributed by atoms with Crippen molar-refractivity contribution >= 4 is 11.9 Å². The third kappa shape index (κ3) is 57.5. The molecule has 6 nitrogen and oxygen atoms in total. The van der Waals surface area contributed by atoms with E-state index in [4.69, 9.17) is 4.74 Å². The zero-order valence-electron chi connectivity index (χ0n) is 48.0. The minimum atomic E-state index is -0.676. The Morgan fingerprint density at radius 1 is 0.394 bits per heavy atom. The number of hydrogen-bond donors (Lipinski definition) is 3. The Morgan fingerprint density at radius 3 is 1.07 bits per heavy atom. The number of aliphatic hydroxyl groups is 2. The van der Waals surface area contributed by atoms with Crippen LogP contribution in [0.3, 0.4) is 0 Å². The summed E-state index contributed by atoms with van der Waals surface area (Å²) < 4.78 is 5.47. The highest BCUT2D eigenvalue weighted by Crippen LogP contribution is 2.18.